The third kappa shape index (κ3) is 3.43. The van der Waals surface area contributed by atoms with Gasteiger partial charge in [0, 0.05) is 19.3 Å². The number of rotatable bonds is 4. The maximum Gasteiger partial charge on any atom is 0.254 e. The SMILES string of the molecule is COc1cc2c(cc1OC)C(c1ccccc1)NC(=O)/C2=C/N1CCOCC1. The molecule has 1 fully saturated rings. The molecule has 0 bridgehead atoms. The topological polar surface area (TPSA) is 60.0 Å². The fourth-order valence-electron chi connectivity index (χ4n) is 3.70. The predicted molar refractivity (Wildman–Crippen MR) is 106 cm³/mol. The van der Waals surface area contributed by atoms with E-state index in [2.05, 4.69) is 10.2 Å². The van der Waals surface area contributed by atoms with Crippen LogP contribution in [0.15, 0.2) is 48.7 Å². The van der Waals surface area contributed by atoms with E-state index in [0.29, 0.717) is 30.3 Å². The molecule has 2 aliphatic rings. The number of carbonyl (C=O) groups excluding carboxylic acids is 1. The van der Waals surface area contributed by atoms with Crippen molar-refractivity contribution in [2.75, 3.05) is 40.5 Å². The predicted octanol–water partition coefficient (Wildman–Crippen LogP) is 2.60. The highest BCUT2D eigenvalue weighted by molar-refractivity contribution is 6.21. The Bertz CT molecular complexity index is 889. The van der Waals surface area contributed by atoms with Gasteiger partial charge in [0.05, 0.1) is 39.0 Å². The van der Waals surface area contributed by atoms with Gasteiger partial charge in [-0.3, -0.25) is 4.79 Å². The van der Waals surface area contributed by atoms with E-state index in [-0.39, 0.29) is 11.9 Å². The number of benzene rings is 2. The van der Waals surface area contributed by atoms with Gasteiger partial charge in [-0.15, -0.1) is 0 Å². The van der Waals surface area contributed by atoms with Gasteiger partial charge in [-0.25, -0.2) is 0 Å². The molecule has 2 heterocycles. The summed E-state index contributed by atoms with van der Waals surface area (Å²) in [7, 11) is 3.22. The molecule has 1 amide bonds. The van der Waals surface area contributed by atoms with E-state index < -0.39 is 0 Å². The van der Waals surface area contributed by atoms with Crippen molar-refractivity contribution < 1.29 is 19.0 Å². The zero-order valence-corrected chi connectivity index (χ0v) is 16.1. The highest BCUT2D eigenvalue weighted by atomic mass is 16.5. The number of nitrogens with one attached hydrogen (secondary N) is 1. The summed E-state index contributed by atoms with van der Waals surface area (Å²) in [5.41, 5.74) is 3.50. The van der Waals surface area contributed by atoms with Crippen LogP contribution in [0, 0.1) is 0 Å². The van der Waals surface area contributed by atoms with E-state index in [9.17, 15) is 4.79 Å². The first-order valence-electron chi connectivity index (χ1n) is 9.37. The molecule has 6 heteroatoms. The molecular weight excluding hydrogens is 356 g/mol. The van der Waals surface area contributed by atoms with Gasteiger partial charge in [0.1, 0.15) is 0 Å². The molecule has 1 N–H and O–H groups in total. The van der Waals surface area contributed by atoms with Crippen molar-refractivity contribution in [1.82, 2.24) is 10.2 Å². The van der Waals surface area contributed by atoms with Crippen molar-refractivity contribution in [3.05, 3.63) is 65.4 Å². The monoisotopic (exact) mass is 380 g/mol. The van der Waals surface area contributed by atoms with Gasteiger partial charge in [-0.2, -0.15) is 0 Å². The molecule has 2 aliphatic heterocycles. The number of carbonyl (C=O) groups is 1. The number of morpholine rings is 1. The lowest BCUT2D eigenvalue weighted by Gasteiger charge is -2.32. The van der Waals surface area contributed by atoms with Crippen molar-refractivity contribution in [3.8, 4) is 11.5 Å². The summed E-state index contributed by atoms with van der Waals surface area (Å²) in [6, 6.07) is 13.6. The Hall–Kier alpha value is -2.99. The smallest absolute Gasteiger partial charge is 0.254 e. The summed E-state index contributed by atoms with van der Waals surface area (Å²) in [5.74, 6) is 1.15. The van der Waals surface area contributed by atoms with Crippen LogP contribution in [0.4, 0.5) is 0 Å². The van der Waals surface area contributed by atoms with Gasteiger partial charge in [0.15, 0.2) is 11.5 Å². The third-order valence-corrected chi connectivity index (χ3v) is 5.17. The lowest BCUT2D eigenvalue weighted by atomic mass is 9.86. The summed E-state index contributed by atoms with van der Waals surface area (Å²) >= 11 is 0. The molecule has 4 rings (SSSR count). The first kappa shape index (κ1) is 18.4. The van der Waals surface area contributed by atoms with Crippen molar-refractivity contribution in [2.45, 2.75) is 6.04 Å². The second kappa shape index (κ2) is 7.94. The van der Waals surface area contributed by atoms with E-state index in [0.717, 1.165) is 29.8 Å². The van der Waals surface area contributed by atoms with Crippen LogP contribution in [0.3, 0.4) is 0 Å². The van der Waals surface area contributed by atoms with Gasteiger partial charge < -0.3 is 24.4 Å². The number of nitrogens with zero attached hydrogens (tertiary/aromatic N) is 1. The molecule has 0 aliphatic carbocycles. The quantitative estimate of drug-likeness (QED) is 0.827. The van der Waals surface area contributed by atoms with Gasteiger partial charge in [0.2, 0.25) is 0 Å². The minimum Gasteiger partial charge on any atom is -0.493 e. The lowest BCUT2D eigenvalue weighted by Crippen LogP contribution is -2.37. The normalized spacial score (nSPS) is 20.5. The zero-order valence-electron chi connectivity index (χ0n) is 16.1. The molecule has 6 nitrogen and oxygen atoms in total. The number of methoxy groups -OCH3 is 2. The fraction of sp³-hybridized carbons (Fsp3) is 0.318. The fourth-order valence-corrected chi connectivity index (χ4v) is 3.70. The summed E-state index contributed by atoms with van der Waals surface area (Å²) in [5, 5.41) is 3.16. The van der Waals surface area contributed by atoms with Gasteiger partial charge in [0.25, 0.3) is 5.91 Å². The van der Waals surface area contributed by atoms with Crippen molar-refractivity contribution in [2.24, 2.45) is 0 Å². The second-order valence-electron chi connectivity index (χ2n) is 6.80. The van der Waals surface area contributed by atoms with Gasteiger partial charge in [-0.05, 0) is 28.8 Å². The van der Waals surface area contributed by atoms with Crippen LogP contribution < -0.4 is 14.8 Å². The minimum atomic E-state index is -0.245. The second-order valence-corrected chi connectivity index (χ2v) is 6.80. The van der Waals surface area contributed by atoms with Crippen LogP contribution in [0.25, 0.3) is 5.57 Å². The van der Waals surface area contributed by atoms with Crippen LogP contribution in [0.5, 0.6) is 11.5 Å². The number of hydrogen-bond acceptors (Lipinski definition) is 5. The Balaban J connectivity index is 1.85. The summed E-state index contributed by atoms with van der Waals surface area (Å²) in [6.45, 7) is 2.86. The molecule has 0 radical (unpaired) electrons. The van der Waals surface area contributed by atoms with Crippen LogP contribution in [0.1, 0.15) is 22.7 Å². The van der Waals surface area contributed by atoms with Gasteiger partial charge >= 0.3 is 0 Å². The van der Waals surface area contributed by atoms with Crippen molar-refractivity contribution >= 4 is 11.5 Å². The molecule has 1 atom stereocenters. The maximum absolute atomic E-state index is 13.1. The Labute approximate surface area is 164 Å². The summed E-state index contributed by atoms with van der Waals surface area (Å²) in [4.78, 5) is 15.2. The molecule has 1 unspecified atom stereocenters. The van der Waals surface area contributed by atoms with Crippen LogP contribution in [0.2, 0.25) is 0 Å². The van der Waals surface area contributed by atoms with Crippen LogP contribution in [-0.4, -0.2) is 51.3 Å². The highest BCUT2D eigenvalue weighted by Crippen LogP contribution is 2.41. The lowest BCUT2D eigenvalue weighted by molar-refractivity contribution is -0.116. The first-order chi connectivity index (χ1) is 13.7. The van der Waals surface area contributed by atoms with Crippen molar-refractivity contribution in [1.29, 1.82) is 0 Å². The molecule has 0 saturated carbocycles. The zero-order chi connectivity index (χ0) is 19.5. The molecule has 2 aromatic carbocycles. The maximum atomic E-state index is 13.1. The average Bonchev–Trinajstić information content (AvgIpc) is 2.76. The van der Waals surface area contributed by atoms with E-state index >= 15 is 0 Å². The molecule has 28 heavy (non-hydrogen) atoms. The third-order valence-electron chi connectivity index (χ3n) is 5.17. The molecular formula is C22H24N2O4. The van der Waals surface area contributed by atoms with Crippen LogP contribution >= 0.6 is 0 Å². The van der Waals surface area contributed by atoms with E-state index in [1.54, 1.807) is 14.2 Å². The Kier molecular flexibility index (Phi) is 5.21. The Morgan fingerprint density at radius 1 is 1.07 bits per heavy atom. The van der Waals surface area contributed by atoms with Gasteiger partial charge in [-0.1, -0.05) is 30.3 Å². The van der Waals surface area contributed by atoms with E-state index in [1.165, 1.54) is 0 Å². The highest BCUT2D eigenvalue weighted by Gasteiger charge is 2.32. The number of fused-ring (bicyclic) bond motifs is 1. The molecule has 2 aromatic rings. The molecule has 1 saturated heterocycles. The summed E-state index contributed by atoms with van der Waals surface area (Å²) < 4.78 is 16.4. The number of amides is 1. The standard InChI is InChI=1S/C22H24N2O4/c1-26-19-12-16-17(13-20(19)27-2)21(15-6-4-3-5-7-15)23-22(25)18(16)14-24-8-10-28-11-9-24/h3-7,12-14,21H,8-11H2,1-2H3,(H,23,25)/b18-14+. The largest absolute Gasteiger partial charge is 0.493 e. The Morgan fingerprint density at radius 2 is 1.75 bits per heavy atom. The molecule has 0 aromatic heterocycles. The first-order valence-corrected chi connectivity index (χ1v) is 9.37. The minimum absolute atomic E-state index is 0.0972. The van der Waals surface area contributed by atoms with E-state index in [1.807, 2.05) is 48.7 Å². The Morgan fingerprint density at radius 3 is 2.43 bits per heavy atom. The van der Waals surface area contributed by atoms with Crippen LogP contribution in [-0.2, 0) is 9.53 Å². The number of hydrogen-bond donors (Lipinski definition) is 1. The van der Waals surface area contributed by atoms with Crippen molar-refractivity contribution in [3.63, 3.8) is 0 Å². The molecule has 146 valence electrons. The summed E-state index contributed by atoms with van der Waals surface area (Å²) in [6.07, 6.45) is 1.93. The van der Waals surface area contributed by atoms with E-state index in [4.69, 9.17) is 14.2 Å². The average molecular weight is 380 g/mol. The number of ether oxygens (including phenoxy) is 3. The molecule has 0 spiro atoms.